The average molecular weight is 342 g/mol. The van der Waals surface area contributed by atoms with E-state index < -0.39 is 5.41 Å². The second-order valence-corrected chi connectivity index (χ2v) is 5.55. The van der Waals surface area contributed by atoms with Gasteiger partial charge in [0, 0.05) is 10.2 Å². The summed E-state index contributed by atoms with van der Waals surface area (Å²) in [4.78, 5) is 12.5. The van der Waals surface area contributed by atoms with Gasteiger partial charge in [0.2, 0.25) is 5.91 Å². The lowest BCUT2D eigenvalue weighted by Gasteiger charge is -2.28. The first-order valence-corrected chi connectivity index (χ1v) is 7.26. The van der Waals surface area contributed by atoms with Crippen LogP contribution in [-0.4, -0.2) is 17.0 Å². The monoisotopic (exact) mass is 341 g/mol. The number of amidine groups is 1. The Balaban J connectivity index is 3.06. The van der Waals surface area contributed by atoms with Gasteiger partial charge in [0.1, 0.15) is 5.41 Å². The summed E-state index contributed by atoms with van der Waals surface area (Å²) in [6, 6.07) is 5.54. The predicted molar refractivity (Wildman–Crippen MR) is 83.9 cm³/mol. The Labute approximate surface area is 127 Å². The number of carbonyl (C=O) groups is 1. The van der Waals surface area contributed by atoms with Gasteiger partial charge < -0.3 is 16.3 Å². The molecule has 0 spiro atoms. The molecule has 110 valence electrons. The Morgan fingerprint density at radius 1 is 1.45 bits per heavy atom. The van der Waals surface area contributed by atoms with Crippen molar-refractivity contribution in [1.29, 1.82) is 0 Å². The van der Waals surface area contributed by atoms with Crippen LogP contribution in [0.3, 0.4) is 0 Å². The van der Waals surface area contributed by atoms with Crippen LogP contribution in [0.15, 0.2) is 27.8 Å². The number of hydrogen-bond donors (Lipinski definition) is 3. The molecule has 20 heavy (non-hydrogen) atoms. The van der Waals surface area contributed by atoms with Crippen molar-refractivity contribution in [3.05, 3.63) is 28.2 Å². The first-order valence-electron chi connectivity index (χ1n) is 6.46. The number of oxime groups is 1. The third-order valence-corrected chi connectivity index (χ3v) is 4.55. The third kappa shape index (κ3) is 3.12. The summed E-state index contributed by atoms with van der Waals surface area (Å²) in [5, 5.41) is 14.8. The molecule has 0 unspecified atom stereocenters. The summed E-state index contributed by atoms with van der Waals surface area (Å²) in [7, 11) is 0. The molecule has 1 rings (SSSR count). The number of rotatable bonds is 5. The van der Waals surface area contributed by atoms with Gasteiger partial charge in [-0.3, -0.25) is 4.79 Å². The van der Waals surface area contributed by atoms with Gasteiger partial charge >= 0.3 is 0 Å². The second-order valence-electron chi connectivity index (χ2n) is 4.69. The van der Waals surface area contributed by atoms with E-state index in [0.29, 0.717) is 18.5 Å². The Kier molecular flexibility index (Phi) is 5.56. The molecule has 0 bridgehead atoms. The molecule has 0 fully saturated rings. The van der Waals surface area contributed by atoms with Gasteiger partial charge in [-0.25, -0.2) is 0 Å². The smallest absolute Gasteiger partial charge is 0.238 e. The first-order chi connectivity index (χ1) is 9.41. The number of halogens is 1. The minimum absolute atomic E-state index is 0.0613. The molecule has 0 saturated heterocycles. The number of carbonyl (C=O) groups excluding carboxylic acids is 1. The number of nitrogens with two attached hydrogens (primary N) is 1. The molecule has 0 atom stereocenters. The quantitative estimate of drug-likeness (QED) is 0.332. The number of nitrogens with one attached hydrogen (secondary N) is 1. The van der Waals surface area contributed by atoms with Crippen molar-refractivity contribution in [3.8, 4) is 0 Å². The van der Waals surface area contributed by atoms with Crippen LogP contribution in [0.2, 0.25) is 0 Å². The summed E-state index contributed by atoms with van der Waals surface area (Å²) in [5.74, 6) is -0.326. The molecule has 0 saturated carbocycles. The van der Waals surface area contributed by atoms with E-state index in [9.17, 15) is 4.79 Å². The third-order valence-electron chi connectivity index (χ3n) is 3.66. The molecule has 0 aliphatic rings. The van der Waals surface area contributed by atoms with Crippen LogP contribution in [-0.2, 0) is 4.79 Å². The van der Waals surface area contributed by atoms with Gasteiger partial charge in [-0.2, -0.15) is 0 Å². The number of anilines is 1. The highest BCUT2D eigenvalue weighted by molar-refractivity contribution is 9.10. The van der Waals surface area contributed by atoms with E-state index in [1.54, 1.807) is 6.07 Å². The molecule has 1 aromatic carbocycles. The van der Waals surface area contributed by atoms with Crippen LogP contribution in [0.5, 0.6) is 0 Å². The average Bonchev–Trinajstić information content (AvgIpc) is 2.44. The molecule has 0 radical (unpaired) electrons. The fourth-order valence-electron chi connectivity index (χ4n) is 2.12. The molecule has 6 heteroatoms. The zero-order chi connectivity index (χ0) is 15.3. The van der Waals surface area contributed by atoms with Gasteiger partial charge in [0.15, 0.2) is 5.84 Å². The minimum Gasteiger partial charge on any atom is -0.409 e. The summed E-state index contributed by atoms with van der Waals surface area (Å²) in [5.41, 5.74) is 6.43. The SMILES string of the molecule is CCC(CC)(C(=O)Nc1ccc(Br)c(C)c1)C(N)=NO. The molecule has 0 heterocycles. The number of amides is 1. The van der Waals surface area contributed by atoms with Crippen LogP contribution < -0.4 is 11.1 Å². The maximum absolute atomic E-state index is 12.5. The maximum atomic E-state index is 12.5. The van der Waals surface area contributed by atoms with E-state index in [1.165, 1.54) is 0 Å². The largest absolute Gasteiger partial charge is 0.409 e. The lowest BCUT2D eigenvalue weighted by atomic mass is 9.80. The van der Waals surface area contributed by atoms with E-state index >= 15 is 0 Å². The lowest BCUT2D eigenvalue weighted by molar-refractivity contribution is -0.122. The number of aryl methyl sites for hydroxylation is 1. The van der Waals surface area contributed by atoms with Crippen molar-refractivity contribution >= 4 is 33.4 Å². The fourth-order valence-corrected chi connectivity index (χ4v) is 2.37. The Morgan fingerprint density at radius 3 is 2.50 bits per heavy atom. The summed E-state index contributed by atoms with van der Waals surface area (Å²) in [6.45, 7) is 5.62. The van der Waals surface area contributed by atoms with E-state index in [0.717, 1.165) is 10.0 Å². The van der Waals surface area contributed by atoms with Crippen LogP contribution in [0.4, 0.5) is 5.69 Å². The van der Waals surface area contributed by atoms with Gasteiger partial charge in [0.05, 0.1) is 0 Å². The number of benzene rings is 1. The van der Waals surface area contributed by atoms with Crippen LogP contribution >= 0.6 is 15.9 Å². The second kappa shape index (κ2) is 6.74. The Bertz CT molecular complexity index is 525. The van der Waals surface area contributed by atoms with Crippen molar-refractivity contribution in [2.24, 2.45) is 16.3 Å². The molecule has 1 aromatic rings. The molecule has 0 aliphatic heterocycles. The normalized spacial score (nSPS) is 12.3. The molecule has 5 nitrogen and oxygen atoms in total. The highest BCUT2D eigenvalue weighted by atomic mass is 79.9. The predicted octanol–water partition coefficient (Wildman–Crippen LogP) is 3.25. The van der Waals surface area contributed by atoms with Gasteiger partial charge in [-0.1, -0.05) is 34.9 Å². The summed E-state index contributed by atoms with van der Waals surface area (Å²) in [6.07, 6.45) is 0.918. The van der Waals surface area contributed by atoms with Gasteiger partial charge in [-0.05, 0) is 43.5 Å². The van der Waals surface area contributed by atoms with E-state index in [-0.39, 0.29) is 11.7 Å². The highest BCUT2D eigenvalue weighted by Gasteiger charge is 2.39. The van der Waals surface area contributed by atoms with E-state index in [2.05, 4.69) is 26.4 Å². The molecule has 0 aromatic heterocycles. The number of nitrogens with zero attached hydrogens (tertiary/aromatic N) is 1. The van der Waals surface area contributed by atoms with Crippen molar-refractivity contribution in [2.45, 2.75) is 33.6 Å². The standard InChI is InChI=1S/C14H20BrN3O2/c1-4-14(5-2,12(16)18-20)13(19)17-10-6-7-11(15)9(3)8-10/h6-8,20H,4-5H2,1-3H3,(H2,16,18)(H,17,19). The molecule has 1 amide bonds. The molecular weight excluding hydrogens is 322 g/mol. The molecule has 4 N–H and O–H groups in total. The first kappa shape index (κ1) is 16.5. The lowest BCUT2D eigenvalue weighted by Crippen LogP contribution is -2.46. The summed E-state index contributed by atoms with van der Waals surface area (Å²) < 4.78 is 0.976. The van der Waals surface area contributed by atoms with Crippen LogP contribution in [0, 0.1) is 12.3 Å². The molecule has 0 aliphatic carbocycles. The summed E-state index contributed by atoms with van der Waals surface area (Å²) >= 11 is 3.41. The van der Waals surface area contributed by atoms with Crippen LogP contribution in [0.1, 0.15) is 32.3 Å². The fraction of sp³-hybridized carbons (Fsp3) is 0.429. The zero-order valence-corrected chi connectivity index (χ0v) is 13.5. The van der Waals surface area contributed by atoms with Crippen molar-refractivity contribution in [2.75, 3.05) is 5.32 Å². The van der Waals surface area contributed by atoms with Gasteiger partial charge in [-0.15, -0.1) is 0 Å². The number of hydrogen-bond acceptors (Lipinski definition) is 3. The van der Waals surface area contributed by atoms with Crippen molar-refractivity contribution in [3.63, 3.8) is 0 Å². The topological polar surface area (TPSA) is 87.7 Å². The van der Waals surface area contributed by atoms with Crippen molar-refractivity contribution in [1.82, 2.24) is 0 Å². The van der Waals surface area contributed by atoms with E-state index in [1.807, 2.05) is 32.9 Å². The van der Waals surface area contributed by atoms with E-state index in [4.69, 9.17) is 10.9 Å². The minimum atomic E-state index is -0.990. The highest BCUT2D eigenvalue weighted by Crippen LogP contribution is 2.29. The maximum Gasteiger partial charge on any atom is 0.238 e. The molecular formula is C14H20BrN3O2. The van der Waals surface area contributed by atoms with Crippen molar-refractivity contribution < 1.29 is 10.0 Å². The zero-order valence-electron chi connectivity index (χ0n) is 11.9. The van der Waals surface area contributed by atoms with Gasteiger partial charge in [0.25, 0.3) is 0 Å². The Hall–Kier alpha value is -1.56. The Morgan fingerprint density at radius 2 is 2.05 bits per heavy atom. The van der Waals surface area contributed by atoms with Crippen LogP contribution in [0.25, 0.3) is 0 Å².